The Hall–Kier alpha value is -2.98. The van der Waals surface area contributed by atoms with Gasteiger partial charge in [-0.2, -0.15) is 0 Å². The quantitative estimate of drug-likeness (QED) is 0.499. The van der Waals surface area contributed by atoms with Crippen LogP contribution in [0.2, 0.25) is 0 Å². The van der Waals surface area contributed by atoms with Crippen molar-refractivity contribution in [2.75, 3.05) is 35.4 Å². The zero-order chi connectivity index (χ0) is 22.8. The molecule has 2 fully saturated rings. The fraction of sp³-hybridized carbons (Fsp3) is 0.409. The van der Waals surface area contributed by atoms with Gasteiger partial charge in [-0.15, -0.1) is 0 Å². The van der Waals surface area contributed by atoms with Crippen LogP contribution in [0.15, 0.2) is 30.5 Å². The molecule has 10 heteroatoms. The lowest BCUT2D eigenvalue weighted by atomic mass is 10.1. The zero-order valence-electron chi connectivity index (χ0n) is 18.3. The molecule has 2 aliphatic rings. The zero-order valence-corrected chi connectivity index (χ0v) is 19.1. The first-order valence-electron chi connectivity index (χ1n) is 10.5. The van der Waals surface area contributed by atoms with Gasteiger partial charge >= 0.3 is 0 Å². The summed E-state index contributed by atoms with van der Waals surface area (Å²) in [4.78, 5) is 33.7. The Labute approximate surface area is 189 Å². The normalized spacial score (nSPS) is 16.2. The Morgan fingerprint density at radius 3 is 2.53 bits per heavy atom. The first-order chi connectivity index (χ1) is 15.4. The molecule has 1 heterocycles. The van der Waals surface area contributed by atoms with Crippen LogP contribution in [0.4, 0.5) is 22.9 Å². The number of benzene rings is 1. The highest BCUT2D eigenvalue weighted by molar-refractivity contribution is 7.85. The van der Waals surface area contributed by atoms with Gasteiger partial charge in [0.05, 0.1) is 29.7 Å². The molecular weight excluding hydrogens is 430 g/mol. The van der Waals surface area contributed by atoms with Crippen molar-refractivity contribution in [1.29, 1.82) is 0 Å². The molecule has 32 heavy (non-hydrogen) atoms. The maximum atomic E-state index is 12.5. The fourth-order valence-corrected chi connectivity index (χ4v) is 3.83. The van der Waals surface area contributed by atoms with Crippen LogP contribution in [0.3, 0.4) is 0 Å². The van der Waals surface area contributed by atoms with E-state index in [1.165, 1.54) is 18.9 Å². The highest BCUT2D eigenvalue weighted by Crippen LogP contribution is 2.43. The van der Waals surface area contributed by atoms with Gasteiger partial charge in [0.1, 0.15) is 16.8 Å². The van der Waals surface area contributed by atoms with Gasteiger partial charge in [-0.25, -0.2) is 14.7 Å². The van der Waals surface area contributed by atoms with Crippen LogP contribution in [-0.4, -0.2) is 41.4 Å². The number of amides is 2. The number of hydroxylamine groups is 1. The standard InChI is InChI=1S/C22H27N5O4S/c1-27(32(3)30)19-10-15(13-4-5-13)8-9-17(19)24-18-11-20(25-21(28)14-6-7-14)23-12-16(18)22(29)26-31-2/h8-14H,4-7H2,1-3H3,(H,26,29)(H2,23,24,25,28). The molecule has 9 nitrogen and oxygen atoms in total. The first kappa shape index (κ1) is 22.2. The Kier molecular flexibility index (Phi) is 6.43. The highest BCUT2D eigenvalue weighted by Gasteiger charge is 2.30. The van der Waals surface area contributed by atoms with Gasteiger partial charge in [0.15, 0.2) is 0 Å². The van der Waals surface area contributed by atoms with Crippen LogP contribution in [0.5, 0.6) is 0 Å². The Morgan fingerprint density at radius 1 is 1.16 bits per heavy atom. The average Bonchev–Trinajstić information content (AvgIpc) is 3.66. The van der Waals surface area contributed by atoms with E-state index < -0.39 is 16.9 Å². The molecule has 170 valence electrons. The topological polar surface area (TPSA) is 113 Å². The number of rotatable bonds is 9. The molecule has 0 aliphatic heterocycles. The van der Waals surface area contributed by atoms with E-state index in [9.17, 15) is 13.8 Å². The summed E-state index contributed by atoms with van der Waals surface area (Å²) in [5.74, 6) is 0.357. The van der Waals surface area contributed by atoms with Gasteiger partial charge in [-0.1, -0.05) is 6.07 Å². The van der Waals surface area contributed by atoms with E-state index >= 15 is 0 Å². The van der Waals surface area contributed by atoms with Crippen LogP contribution in [-0.2, 0) is 20.6 Å². The molecule has 2 amide bonds. The Morgan fingerprint density at radius 2 is 1.91 bits per heavy atom. The van der Waals surface area contributed by atoms with E-state index in [2.05, 4.69) is 21.1 Å². The third kappa shape index (κ3) is 5.08. The second-order valence-electron chi connectivity index (χ2n) is 8.11. The number of pyridine rings is 1. The number of anilines is 4. The van der Waals surface area contributed by atoms with Crippen molar-refractivity contribution >= 4 is 45.7 Å². The summed E-state index contributed by atoms with van der Waals surface area (Å²) < 4.78 is 13.9. The molecule has 3 N–H and O–H groups in total. The second-order valence-corrected chi connectivity index (χ2v) is 9.51. The number of carbonyl (C=O) groups excluding carboxylic acids is 2. The summed E-state index contributed by atoms with van der Waals surface area (Å²) >= 11 is 0. The van der Waals surface area contributed by atoms with Crippen molar-refractivity contribution in [3.63, 3.8) is 0 Å². The summed E-state index contributed by atoms with van der Waals surface area (Å²) in [6.45, 7) is 0. The predicted molar refractivity (Wildman–Crippen MR) is 124 cm³/mol. The van der Waals surface area contributed by atoms with E-state index in [1.54, 1.807) is 23.7 Å². The third-order valence-electron chi connectivity index (χ3n) is 5.61. The Bertz CT molecular complexity index is 1070. The maximum Gasteiger partial charge on any atom is 0.278 e. The number of carbonyl (C=O) groups is 2. The maximum absolute atomic E-state index is 12.5. The van der Waals surface area contributed by atoms with Gasteiger partial charge in [-0.05, 0) is 49.3 Å². The molecule has 0 bridgehead atoms. The van der Waals surface area contributed by atoms with Crippen LogP contribution in [0.1, 0.15) is 47.5 Å². The molecule has 4 rings (SSSR count). The van der Waals surface area contributed by atoms with Gasteiger partial charge in [0.2, 0.25) is 5.91 Å². The molecule has 0 radical (unpaired) electrons. The summed E-state index contributed by atoms with van der Waals surface area (Å²) in [6, 6.07) is 7.62. The number of hydrogen-bond donors (Lipinski definition) is 3. The van der Waals surface area contributed by atoms with Gasteiger partial charge in [-0.3, -0.25) is 18.7 Å². The molecule has 0 saturated heterocycles. The van der Waals surface area contributed by atoms with E-state index in [4.69, 9.17) is 4.84 Å². The molecular formula is C22H27N5O4S. The van der Waals surface area contributed by atoms with Crippen molar-refractivity contribution in [3.05, 3.63) is 41.6 Å². The summed E-state index contributed by atoms with van der Waals surface area (Å²) in [5.41, 5.74) is 5.63. The van der Waals surface area contributed by atoms with Crippen molar-refractivity contribution in [1.82, 2.24) is 10.5 Å². The lowest BCUT2D eigenvalue weighted by molar-refractivity contribution is -0.117. The SMILES string of the molecule is CONC(=O)c1cnc(NC(=O)C2CC2)cc1Nc1ccc(C2CC2)cc1N(C)S(C)=O. The van der Waals surface area contributed by atoms with E-state index in [-0.39, 0.29) is 17.4 Å². The molecule has 1 aromatic carbocycles. The van der Waals surface area contributed by atoms with E-state index in [0.717, 1.165) is 31.4 Å². The molecule has 0 spiro atoms. The van der Waals surface area contributed by atoms with Crippen molar-refractivity contribution in [2.45, 2.75) is 31.6 Å². The van der Waals surface area contributed by atoms with Crippen molar-refractivity contribution in [3.8, 4) is 0 Å². The monoisotopic (exact) mass is 457 g/mol. The second kappa shape index (κ2) is 9.25. The number of aromatic nitrogens is 1. The lowest BCUT2D eigenvalue weighted by Crippen LogP contribution is -2.24. The van der Waals surface area contributed by atoms with E-state index in [1.807, 2.05) is 18.2 Å². The first-order valence-corrected chi connectivity index (χ1v) is 12.0. The van der Waals surface area contributed by atoms with Crippen LogP contribution in [0.25, 0.3) is 0 Å². The number of hydrogen-bond acceptors (Lipinski definition) is 6. The molecule has 1 atom stereocenters. The molecule has 1 unspecified atom stereocenters. The predicted octanol–water partition coefficient (Wildman–Crippen LogP) is 3.07. The summed E-state index contributed by atoms with van der Waals surface area (Å²) in [6.07, 6.45) is 7.06. The minimum absolute atomic E-state index is 0.0272. The number of nitrogens with one attached hydrogen (secondary N) is 3. The van der Waals surface area contributed by atoms with Gasteiger partial charge < -0.3 is 10.6 Å². The molecule has 2 aromatic rings. The lowest BCUT2D eigenvalue weighted by Gasteiger charge is -2.22. The highest BCUT2D eigenvalue weighted by atomic mass is 32.2. The summed E-state index contributed by atoms with van der Waals surface area (Å²) in [5, 5.41) is 6.08. The molecule has 2 saturated carbocycles. The van der Waals surface area contributed by atoms with Gasteiger partial charge in [0, 0.05) is 31.5 Å². The van der Waals surface area contributed by atoms with Crippen molar-refractivity contribution in [2.24, 2.45) is 5.92 Å². The largest absolute Gasteiger partial charge is 0.353 e. The molecule has 2 aliphatic carbocycles. The minimum atomic E-state index is -1.23. The van der Waals surface area contributed by atoms with Crippen LogP contribution in [0, 0.1) is 5.92 Å². The summed E-state index contributed by atoms with van der Waals surface area (Å²) in [7, 11) is 1.88. The smallest absolute Gasteiger partial charge is 0.278 e. The minimum Gasteiger partial charge on any atom is -0.353 e. The van der Waals surface area contributed by atoms with E-state index in [0.29, 0.717) is 23.1 Å². The average molecular weight is 458 g/mol. The van der Waals surface area contributed by atoms with Crippen LogP contribution >= 0.6 is 0 Å². The molecule has 1 aromatic heterocycles. The number of nitrogens with zero attached hydrogens (tertiary/aromatic N) is 2. The fourth-order valence-electron chi connectivity index (χ4n) is 3.40. The third-order valence-corrected chi connectivity index (χ3v) is 6.58. The van der Waals surface area contributed by atoms with Crippen LogP contribution < -0.4 is 20.4 Å². The Balaban J connectivity index is 1.69. The van der Waals surface area contributed by atoms with Crippen molar-refractivity contribution < 1.29 is 18.6 Å². The van der Waals surface area contributed by atoms with Gasteiger partial charge in [0.25, 0.3) is 5.91 Å².